The van der Waals surface area contributed by atoms with Crippen LogP contribution < -0.4 is 10.6 Å². The van der Waals surface area contributed by atoms with Crippen LogP contribution in [-0.4, -0.2) is 36.2 Å². The molecule has 2 rings (SSSR count). The molecular weight excluding hydrogens is 252 g/mol. The molecule has 1 saturated carbocycles. The first-order chi connectivity index (χ1) is 8.10. The minimum absolute atomic E-state index is 0. The fraction of sp³-hybridized carbons (Fsp3) is 0.923. The standard InChI is InChI=1S/C13H24N2O2.ClH/c1-13(7-2-8-14-9-13)12(17)15-10-3-5-11(16)6-4-10;/h10-11,14,16H,2-9H2,1H3,(H,15,17);1H. The minimum Gasteiger partial charge on any atom is -0.393 e. The second-order valence-electron chi connectivity index (χ2n) is 5.82. The lowest BCUT2D eigenvalue weighted by atomic mass is 9.81. The van der Waals surface area contributed by atoms with E-state index < -0.39 is 0 Å². The number of aliphatic hydroxyl groups is 1. The monoisotopic (exact) mass is 276 g/mol. The number of halogens is 1. The molecule has 0 radical (unpaired) electrons. The van der Waals surface area contributed by atoms with Gasteiger partial charge in [-0.15, -0.1) is 12.4 Å². The Labute approximate surface area is 115 Å². The normalized spacial score (nSPS) is 36.6. The summed E-state index contributed by atoms with van der Waals surface area (Å²) in [6.45, 7) is 3.86. The number of carbonyl (C=O) groups is 1. The van der Waals surface area contributed by atoms with Crippen LogP contribution in [0, 0.1) is 5.41 Å². The van der Waals surface area contributed by atoms with E-state index in [2.05, 4.69) is 10.6 Å². The number of rotatable bonds is 2. The summed E-state index contributed by atoms with van der Waals surface area (Å²) in [7, 11) is 0. The summed E-state index contributed by atoms with van der Waals surface area (Å²) in [6.07, 6.45) is 5.36. The quantitative estimate of drug-likeness (QED) is 0.711. The fourth-order valence-corrected chi connectivity index (χ4v) is 2.83. The Kier molecular flexibility index (Phi) is 5.89. The van der Waals surface area contributed by atoms with Crippen LogP contribution in [0.15, 0.2) is 0 Å². The maximum absolute atomic E-state index is 12.3. The summed E-state index contributed by atoms with van der Waals surface area (Å²) in [5.74, 6) is 0.186. The van der Waals surface area contributed by atoms with E-state index in [9.17, 15) is 9.90 Å². The smallest absolute Gasteiger partial charge is 0.227 e. The molecule has 0 aromatic carbocycles. The second kappa shape index (κ2) is 6.73. The lowest BCUT2D eigenvalue weighted by Gasteiger charge is -2.35. The van der Waals surface area contributed by atoms with Crippen LogP contribution in [0.1, 0.15) is 45.4 Å². The summed E-state index contributed by atoms with van der Waals surface area (Å²) in [4.78, 5) is 12.3. The third-order valence-electron chi connectivity index (χ3n) is 4.18. The third kappa shape index (κ3) is 3.84. The maximum Gasteiger partial charge on any atom is 0.227 e. The van der Waals surface area contributed by atoms with E-state index in [0.29, 0.717) is 0 Å². The van der Waals surface area contributed by atoms with Crippen molar-refractivity contribution in [3.63, 3.8) is 0 Å². The zero-order valence-corrected chi connectivity index (χ0v) is 11.9. The van der Waals surface area contributed by atoms with Crippen molar-refractivity contribution in [3.05, 3.63) is 0 Å². The van der Waals surface area contributed by atoms with E-state index in [1.807, 2.05) is 6.92 Å². The number of hydrogen-bond donors (Lipinski definition) is 3. The van der Waals surface area contributed by atoms with Crippen LogP contribution in [-0.2, 0) is 4.79 Å². The third-order valence-corrected chi connectivity index (χ3v) is 4.18. The summed E-state index contributed by atoms with van der Waals surface area (Å²) < 4.78 is 0. The molecule has 1 heterocycles. The van der Waals surface area contributed by atoms with Gasteiger partial charge in [0.05, 0.1) is 11.5 Å². The van der Waals surface area contributed by atoms with Gasteiger partial charge in [-0.3, -0.25) is 4.79 Å². The van der Waals surface area contributed by atoms with Crippen LogP contribution in [0.3, 0.4) is 0 Å². The van der Waals surface area contributed by atoms with Crippen molar-refractivity contribution < 1.29 is 9.90 Å². The highest BCUT2D eigenvalue weighted by atomic mass is 35.5. The van der Waals surface area contributed by atoms with Gasteiger partial charge >= 0.3 is 0 Å². The van der Waals surface area contributed by atoms with Gasteiger partial charge in [0.1, 0.15) is 0 Å². The first kappa shape index (κ1) is 15.7. The molecule has 1 aliphatic heterocycles. The van der Waals surface area contributed by atoms with Crippen LogP contribution in [0.2, 0.25) is 0 Å². The highest BCUT2D eigenvalue weighted by molar-refractivity contribution is 5.85. The van der Waals surface area contributed by atoms with Crippen molar-refractivity contribution in [2.45, 2.75) is 57.6 Å². The maximum atomic E-state index is 12.3. The lowest BCUT2D eigenvalue weighted by Crippen LogP contribution is -2.51. The zero-order valence-electron chi connectivity index (χ0n) is 11.1. The molecule has 0 aromatic rings. The molecule has 5 heteroatoms. The topological polar surface area (TPSA) is 61.4 Å². The molecule has 0 aromatic heterocycles. The SMILES string of the molecule is CC1(C(=O)NC2CCC(O)CC2)CCCNC1.Cl. The Morgan fingerprint density at radius 2 is 2.00 bits per heavy atom. The molecule has 18 heavy (non-hydrogen) atoms. The molecular formula is C13H25ClN2O2. The van der Waals surface area contributed by atoms with E-state index in [1.165, 1.54) is 0 Å². The molecule has 1 atom stereocenters. The van der Waals surface area contributed by atoms with E-state index in [0.717, 1.165) is 51.6 Å². The van der Waals surface area contributed by atoms with Crippen molar-refractivity contribution >= 4 is 18.3 Å². The van der Waals surface area contributed by atoms with Gasteiger partial charge < -0.3 is 15.7 Å². The summed E-state index contributed by atoms with van der Waals surface area (Å²) in [5.41, 5.74) is -0.242. The molecule has 4 nitrogen and oxygen atoms in total. The number of amides is 1. The van der Waals surface area contributed by atoms with E-state index in [4.69, 9.17) is 0 Å². The Hall–Kier alpha value is -0.320. The van der Waals surface area contributed by atoms with Crippen molar-refractivity contribution in [2.75, 3.05) is 13.1 Å². The predicted octanol–water partition coefficient (Wildman–Crippen LogP) is 1.22. The number of hydrogen-bond acceptors (Lipinski definition) is 3. The van der Waals surface area contributed by atoms with Gasteiger partial charge in [0, 0.05) is 12.6 Å². The summed E-state index contributed by atoms with van der Waals surface area (Å²) in [6, 6.07) is 0.268. The molecule has 0 bridgehead atoms. The Balaban J connectivity index is 0.00000162. The Morgan fingerprint density at radius 3 is 2.56 bits per heavy atom. The van der Waals surface area contributed by atoms with Crippen LogP contribution in [0.4, 0.5) is 0 Å². The summed E-state index contributed by atoms with van der Waals surface area (Å²) >= 11 is 0. The van der Waals surface area contributed by atoms with Crippen molar-refractivity contribution in [1.29, 1.82) is 0 Å². The molecule has 106 valence electrons. The number of carbonyl (C=O) groups excluding carboxylic acids is 1. The first-order valence-electron chi connectivity index (χ1n) is 6.80. The number of aliphatic hydroxyl groups excluding tert-OH is 1. The van der Waals surface area contributed by atoms with Crippen molar-refractivity contribution in [2.24, 2.45) is 5.41 Å². The summed E-state index contributed by atoms with van der Waals surface area (Å²) in [5, 5.41) is 15.9. The molecule has 1 aliphatic carbocycles. The lowest BCUT2D eigenvalue weighted by molar-refractivity contribution is -0.132. The van der Waals surface area contributed by atoms with Gasteiger partial charge in [-0.1, -0.05) is 0 Å². The van der Waals surface area contributed by atoms with Gasteiger partial charge in [0.15, 0.2) is 0 Å². The molecule has 1 unspecified atom stereocenters. The van der Waals surface area contributed by atoms with E-state index in [-0.39, 0.29) is 35.9 Å². The van der Waals surface area contributed by atoms with Gasteiger partial charge in [0.2, 0.25) is 5.91 Å². The molecule has 1 amide bonds. The van der Waals surface area contributed by atoms with Crippen LogP contribution in [0.5, 0.6) is 0 Å². The fourth-order valence-electron chi connectivity index (χ4n) is 2.83. The molecule has 2 aliphatic rings. The number of nitrogens with one attached hydrogen (secondary N) is 2. The van der Waals surface area contributed by atoms with E-state index in [1.54, 1.807) is 0 Å². The molecule has 2 fully saturated rings. The number of piperidine rings is 1. The second-order valence-corrected chi connectivity index (χ2v) is 5.82. The average molecular weight is 277 g/mol. The Bertz CT molecular complexity index is 272. The molecule has 3 N–H and O–H groups in total. The van der Waals surface area contributed by atoms with Crippen molar-refractivity contribution in [3.8, 4) is 0 Å². The Morgan fingerprint density at radius 1 is 1.33 bits per heavy atom. The van der Waals surface area contributed by atoms with Crippen LogP contribution >= 0.6 is 12.4 Å². The van der Waals surface area contributed by atoms with Gasteiger partial charge in [-0.25, -0.2) is 0 Å². The minimum atomic E-state index is -0.242. The van der Waals surface area contributed by atoms with Crippen LogP contribution in [0.25, 0.3) is 0 Å². The highest BCUT2D eigenvalue weighted by Gasteiger charge is 2.35. The van der Waals surface area contributed by atoms with Gasteiger partial charge in [-0.05, 0) is 52.0 Å². The molecule has 0 spiro atoms. The average Bonchev–Trinajstić information content (AvgIpc) is 2.33. The van der Waals surface area contributed by atoms with Gasteiger partial charge in [-0.2, -0.15) is 0 Å². The molecule has 1 saturated heterocycles. The largest absolute Gasteiger partial charge is 0.393 e. The van der Waals surface area contributed by atoms with E-state index >= 15 is 0 Å². The highest BCUT2D eigenvalue weighted by Crippen LogP contribution is 2.27. The van der Waals surface area contributed by atoms with Gasteiger partial charge in [0.25, 0.3) is 0 Å². The van der Waals surface area contributed by atoms with Crippen molar-refractivity contribution in [1.82, 2.24) is 10.6 Å². The first-order valence-corrected chi connectivity index (χ1v) is 6.80. The predicted molar refractivity (Wildman–Crippen MR) is 73.9 cm³/mol. The zero-order chi connectivity index (χ0) is 12.3.